The average molecular weight is 609 g/mol. The molecule has 2 atom stereocenters. The van der Waals surface area contributed by atoms with E-state index >= 15 is 0 Å². The Balaban J connectivity index is 1.35. The van der Waals surface area contributed by atoms with Crippen molar-refractivity contribution in [3.8, 4) is 0 Å². The van der Waals surface area contributed by atoms with Crippen LogP contribution in [0.4, 0.5) is 5.69 Å². The van der Waals surface area contributed by atoms with Gasteiger partial charge in [0, 0.05) is 47.6 Å². The number of rotatable bonds is 8. The molecule has 2 aromatic heterocycles. The molecule has 1 saturated heterocycles. The van der Waals surface area contributed by atoms with Crippen LogP contribution >= 0.6 is 11.8 Å². The Bertz CT molecular complexity index is 1680. The van der Waals surface area contributed by atoms with E-state index in [1.54, 1.807) is 6.20 Å². The first-order valence-electron chi connectivity index (χ1n) is 15.8. The highest BCUT2D eigenvalue weighted by Crippen LogP contribution is 2.67. The van der Waals surface area contributed by atoms with Crippen molar-refractivity contribution in [3.05, 3.63) is 94.4 Å². The number of hydrogen-bond acceptors (Lipinski definition) is 4. The smallest absolute Gasteiger partial charge is 0.250 e. The monoisotopic (exact) mass is 608 g/mol. The van der Waals surface area contributed by atoms with Gasteiger partial charge in [-0.15, -0.1) is 0 Å². The molecule has 0 bridgehead atoms. The van der Waals surface area contributed by atoms with Crippen molar-refractivity contribution < 1.29 is 9.59 Å². The standard InChI is InChI=1S/C37H44N4O2S/c1-23-18-24(2)34(25(3)19-23)40-35(43)37(13-16-44-17-14-37)41(22-27-10-9-15-38-21-27)31(42)20-29-33(36(29,5)6)32-26(4)39-30-12-8-7-11-28(30)32/h7-12,15,18-19,21,29,33,39H,13-14,16-17,20,22H2,1-6H3,(H,40,43)/t29-,33+/m1/s1. The number of pyridine rings is 1. The molecule has 6 rings (SSSR count). The van der Waals surface area contributed by atoms with Crippen LogP contribution in [-0.4, -0.2) is 43.7 Å². The molecule has 0 spiro atoms. The van der Waals surface area contributed by atoms with Crippen LogP contribution < -0.4 is 5.32 Å². The second-order valence-corrected chi connectivity index (χ2v) is 14.8. The predicted octanol–water partition coefficient (Wildman–Crippen LogP) is 7.86. The van der Waals surface area contributed by atoms with Gasteiger partial charge in [0.15, 0.2) is 0 Å². The number of anilines is 1. The quantitative estimate of drug-likeness (QED) is 0.214. The Morgan fingerprint density at radius 1 is 1.02 bits per heavy atom. The molecule has 230 valence electrons. The zero-order chi connectivity index (χ0) is 31.2. The molecule has 4 aromatic rings. The Labute approximate surface area is 265 Å². The van der Waals surface area contributed by atoms with E-state index in [2.05, 4.69) is 79.4 Å². The van der Waals surface area contributed by atoms with E-state index in [0.29, 0.717) is 25.8 Å². The lowest BCUT2D eigenvalue weighted by Crippen LogP contribution is -2.60. The van der Waals surface area contributed by atoms with E-state index in [1.807, 2.05) is 48.8 Å². The summed E-state index contributed by atoms with van der Waals surface area (Å²) in [6.45, 7) is 13.2. The maximum Gasteiger partial charge on any atom is 0.250 e. The fraction of sp³-hybridized carbons (Fsp3) is 0.432. The SMILES string of the molecule is Cc1cc(C)c(NC(=O)C2(N(Cc3cccnc3)C(=O)C[C@@H]3[C@@H](c4c(C)[nH]c5ccccc45)C3(C)C)CCSCC2)c(C)c1. The average Bonchev–Trinajstić information content (AvgIpc) is 3.34. The molecular weight excluding hydrogens is 565 g/mol. The van der Waals surface area contributed by atoms with Crippen LogP contribution in [0.1, 0.15) is 72.5 Å². The first kappa shape index (κ1) is 30.4. The van der Waals surface area contributed by atoms with Crippen molar-refractivity contribution in [2.75, 3.05) is 16.8 Å². The molecular formula is C37H44N4O2S. The summed E-state index contributed by atoms with van der Waals surface area (Å²) in [5.74, 6) is 2.09. The number of fused-ring (bicyclic) bond motifs is 1. The maximum atomic E-state index is 14.7. The Kier molecular flexibility index (Phi) is 8.12. The van der Waals surface area contributed by atoms with Crippen LogP contribution in [0.3, 0.4) is 0 Å². The normalized spacial score (nSPS) is 20.3. The van der Waals surface area contributed by atoms with E-state index in [-0.39, 0.29) is 29.1 Å². The maximum absolute atomic E-state index is 14.7. The predicted molar refractivity (Wildman–Crippen MR) is 181 cm³/mol. The second-order valence-electron chi connectivity index (χ2n) is 13.5. The van der Waals surface area contributed by atoms with Crippen molar-refractivity contribution in [2.24, 2.45) is 11.3 Å². The van der Waals surface area contributed by atoms with Crippen molar-refractivity contribution in [2.45, 2.75) is 78.8 Å². The molecule has 1 aliphatic carbocycles. The van der Waals surface area contributed by atoms with Crippen LogP contribution in [-0.2, 0) is 16.1 Å². The lowest BCUT2D eigenvalue weighted by atomic mass is 9.87. The molecule has 0 unspecified atom stereocenters. The van der Waals surface area contributed by atoms with Gasteiger partial charge in [-0.3, -0.25) is 14.6 Å². The molecule has 2 fully saturated rings. The molecule has 44 heavy (non-hydrogen) atoms. The molecule has 6 nitrogen and oxygen atoms in total. The van der Waals surface area contributed by atoms with E-state index in [0.717, 1.165) is 39.4 Å². The Hall–Kier alpha value is -3.58. The Morgan fingerprint density at radius 2 is 1.73 bits per heavy atom. The first-order valence-corrected chi connectivity index (χ1v) is 16.9. The van der Waals surface area contributed by atoms with Crippen molar-refractivity contribution >= 4 is 40.2 Å². The third-order valence-corrected chi connectivity index (χ3v) is 11.2. The number of carbonyl (C=O) groups excluding carboxylic acids is 2. The van der Waals surface area contributed by atoms with E-state index < -0.39 is 5.54 Å². The number of nitrogens with zero attached hydrogens (tertiary/aromatic N) is 2. The van der Waals surface area contributed by atoms with E-state index in [4.69, 9.17) is 0 Å². The van der Waals surface area contributed by atoms with Gasteiger partial charge in [-0.2, -0.15) is 11.8 Å². The fourth-order valence-electron chi connectivity index (χ4n) is 7.78. The van der Waals surface area contributed by atoms with Gasteiger partial charge >= 0.3 is 0 Å². The van der Waals surface area contributed by atoms with Gasteiger partial charge in [0.05, 0.1) is 0 Å². The van der Waals surface area contributed by atoms with Crippen LogP contribution in [0.15, 0.2) is 60.9 Å². The van der Waals surface area contributed by atoms with E-state index in [1.165, 1.54) is 22.2 Å². The molecule has 2 aliphatic rings. The largest absolute Gasteiger partial charge is 0.358 e. The number of thioether (sulfide) groups is 1. The molecule has 3 heterocycles. The summed E-state index contributed by atoms with van der Waals surface area (Å²) < 4.78 is 0. The lowest BCUT2D eigenvalue weighted by Gasteiger charge is -2.45. The van der Waals surface area contributed by atoms with Crippen LogP contribution in [0, 0.1) is 39.0 Å². The van der Waals surface area contributed by atoms with Gasteiger partial charge in [0.1, 0.15) is 5.54 Å². The van der Waals surface area contributed by atoms with Crippen molar-refractivity contribution in [1.29, 1.82) is 0 Å². The number of hydrogen-bond donors (Lipinski definition) is 2. The number of amides is 2. The Morgan fingerprint density at radius 3 is 2.41 bits per heavy atom. The summed E-state index contributed by atoms with van der Waals surface area (Å²) in [4.78, 5) is 39.1. The third kappa shape index (κ3) is 5.44. The van der Waals surface area contributed by atoms with Crippen molar-refractivity contribution in [1.82, 2.24) is 14.9 Å². The highest BCUT2D eigenvalue weighted by atomic mass is 32.2. The third-order valence-electron chi connectivity index (χ3n) is 10.2. The highest BCUT2D eigenvalue weighted by Gasteiger charge is 2.60. The van der Waals surface area contributed by atoms with Crippen molar-refractivity contribution in [3.63, 3.8) is 0 Å². The molecule has 2 aromatic carbocycles. The number of para-hydroxylation sites is 1. The first-order chi connectivity index (χ1) is 21.0. The number of nitrogens with one attached hydrogen (secondary N) is 2. The van der Waals surface area contributed by atoms with Gasteiger partial charge in [0.25, 0.3) is 0 Å². The number of aromatic amines is 1. The summed E-state index contributed by atoms with van der Waals surface area (Å²) in [6, 6.07) is 16.6. The summed E-state index contributed by atoms with van der Waals surface area (Å²) in [5, 5.41) is 4.56. The van der Waals surface area contributed by atoms with Gasteiger partial charge in [-0.25, -0.2) is 0 Å². The van der Waals surface area contributed by atoms with Gasteiger partial charge in [-0.05, 0) is 104 Å². The minimum absolute atomic E-state index is 0.0285. The summed E-state index contributed by atoms with van der Waals surface area (Å²) >= 11 is 1.86. The summed E-state index contributed by atoms with van der Waals surface area (Å²) in [6.07, 6.45) is 5.22. The minimum Gasteiger partial charge on any atom is -0.358 e. The molecule has 1 saturated carbocycles. The summed E-state index contributed by atoms with van der Waals surface area (Å²) in [5.41, 5.74) is 7.72. The topological polar surface area (TPSA) is 78.1 Å². The number of aryl methyl sites for hydroxylation is 4. The molecule has 0 radical (unpaired) electrons. The minimum atomic E-state index is -0.937. The van der Waals surface area contributed by atoms with Crippen LogP contribution in [0.5, 0.6) is 0 Å². The number of aromatic nitrogens is 2. The number of carbonyl (C=O) groups is 2. The summed E-state index contributed by atoms with van der Waals surface area (Å²) in [7, 11) is 0. The zero-order valence-corrected chi connectivity index (χ0v) is 27.6. The zero-order valence-electron chi connectivity index (χ0n) is 26.8. The fourth-order valence-corrected chi connectivity index (χ4v) is 8.95. The van der Waals surface area contributed by atoms with E-state index in [9.17, 15) is 9.59 Å². The number of H-pyrrole nitrogens is 1. The van der Waals surface area contributed by atoms with Gasteiger partial charge in [-0.1, -0.05) is 55.8 Å². The molecule has 2 N–H and O–H groups in total. The lowest BCUT2D eigenvalue weighted by molar-refractivity contribution is -0.147. The van der Waals surface area contributed by atoms with Crippen LogP contribution in [0.25, 0.3) is 10.9 Å². The second kappa shape index (κ2) is 11.7. The molecule has 1 aliphatic heterocycles. The van der Waals surface area contributed by atoms with Gasteiger partial charge < -0.3 is 15.2 Å². The number of benzene rings is 2. The molecule has 7 heteroatoms. The van der Waals surface area contributed by atoms with Crippen LogP contribution in [0.2, 0.25) is 0 Å². The molecule has 2 amide bonds. The van der Waals surface area contributed by atoms with Gasteiger partial charge in [0.2, 0.25) is 11.8 Å². The highest BCUT2D eigenvalue weighted by molar-refractivity contribution is 7.99.